The highest BCUT2D eigenvalue weighted by atomic mass is 32.2. The molecule has 2 amide bonds. The standard InChI is InChI=1S/C26H22FN5O8S4/c1-26(2,24(38)39)40-31-17(13-9-43-25(28)29-13)20(34)30-18-21(35)32-19(23(36)37)10(8-42-22(18)32)7-41-16-6-14(33)12-4-3-11(27)5-15(12)44-16/h3-6,9,18,22H,7-8H2,1-2H3,(H2,28,29)(H,30,34)(H,36,37)(H,38,39)/b31-17-/t18-,22-/m1/s1. The number of carbonyl (C=O) groups excluding carboxylic acids is 2. The number of halogens is 1. The van der Waals surface area contributed by atoms with Crippen molar-refractivity contribution in [3.63, 3.8) is 0 Å². The zero-order valence-corrected chi connectivity index (χ0v) is 26.0. The summed E-state index contributed by atoms with van der Waals surface area (Å²) in [5, 5.41) is 26.7. The average Bonchev–Trinajstić information content (AvgIpc) is 3.39. The Kier molecular flexibility index (Phi) is 8.70. The van der Waals surface area contributed by atoms with Gasteiger partial charge in [0.15, 0.2) is 16.3 Å². The molecule has 44 heavy (non-hydrogen) atoms. The van der Waals surface area contributed by atoms with E-state index in [0.29, 0.717) is 19.9 Å². The largest absolute Gasteiger partial charge is 0.478 e. The maximum Gasteiger partial charge on any atom is 0.352 e. The second-order valence-electron chi connectivity index (χ2n) is 9.89. The molecule has 0 saturated carbocycles. The maximum atomic E-state index is 13.7. The number of benzene rings is 1. The number of carbonyl (C=O) groups is 4. The van der Waals surface area contributed by atoms with Crippen molar-refractivity contribution in [3.8, 4) is 0 Å². The number of thioether (sulfide) groups is 2. The molecule has 2 aromatic heterocycles. The molecule has 0 aliphatic carbocycles. The minimum atomic E-state index is -1.79. The normalized spacial score (nSPS) is 18.6. The van der Waals surface area contributed by atoms with Crippen molar-refractivity contribution in [1.82, 2.24) is 15.2 Å². The number of hydrogen-bond donors (Lipinski definition) is 4. The van der Waals surface area contributed by atoms with Crippen LogP contribution in [0.3, 0.4) is 0 Å². The van der Waals surface area contributed by atoms with Crippen LogP contribution in [0.1, 0.15) is 19.5 Å². The first-order valence-corrected chi connectivity index (χ1v) is 16.3. The van der Waals surface area contributed by atoms with Crippen molar-refractivity contribution in [1.29, 1.82) is 0 Å². The molecule has 0 spiro atoms. The van der Waals surface area contributed by atoms with Gasteiger partial charge in [0, 0.05) is 33.0 Å². The number of rotatable bonds is 10. The molecule has 0 unspecified atom stereocenters. The number of carboxylic acid groups (broad SMARTS) is 2. The monoisotopic (exact) mass is 679 g/mol. The number of anilines is 1. The summed E-state index contributed by atoms with van der Waals surface area (Å²) < 4.78 is 14.7. The second kappa shape index (κ2) is 12.2. The van der Waals surface area contributed by atoms with Crippen LogP contribution in [0.4, 0.5) is 9.52 Å². The van der Waals surface area contributed by atoms with Gasteiger partial charge < -0.3 is 26.1 Å². The predicted molar refractivity (Wildman–Crippen MR) is 164 cm³/mol. The van der Waals surface area contributed by atoms with Gasteiger partial charge in [0.2, 0.25) is 5.60 Å². The number of fused-ring (bicyclic) bond motifs is 2. The Bertz CT molecular complexity index is 1840. The summed E-state index contributed by atoms with van der Waals surface area (Å²) in [6, 6.07) is 4.17. The molecule has 2 aliphatic rings. The lowest BCUT2D eigenvalue weighted by Crippen LogP contribution is -2.71. The Morgan fingerprint density at radius 2 is 2.02 bits per heavy atom. The zero-order valence-electron chi connectivity index (χ0n) is 22.7. The predicted octanol–water partition coefficient (Wildman–Crippen LogP) is 2.55. The van der Waals surface area contributed by atoms with E-state index in [1.54, 1.807) is 0 Å². The van der Waals surface area contributed by atoms with Crippen LogP contribution in [0.15, 0.2) is 55.1 Å². The van der Waals surface area contributed by atoms with Crippen molar-refractivity contribution in [2.24, 2.45) is 5.16 Å². The van der Waals surface area contributed by atoms with Gasteiger partial charge in [-0.1, -0.05) is 5.16 Å². The van der Waals surface area contributed by atoms with Crippen molar-refractivity contribution < 1.29 is 38.6 Å². The summed E-state index contributed by atoms with van der Waals surface area (Å²) in [7, 11) is 0. The Balaban J connectivity index is 1.34. The smallest absolute Gasteiger partial charge is 0.352 e. The number of carboxylic acids is 2. The van der Waals surface area contributed by atoms with E-state index >= 15 is 0 Å². The lowest BCUT2D eigenvalue weighted by molar-refractivity contribution is -0.161. The minimum absolute atomic E-state index is 0.00437. The quantitative estimate of drug-likeness (QED) is 0.106. The van der Waals surface area contributed by atoms with Gasteiger partial charge in [-0.25, -0.2) is 19.0 Å². The number of oxime groups is 1. The van der Waals surface area contributed by atoms with Gasteiger partial charge in [-0.3, -0.25) is 19.3 Å². The highest BCUT2D eigenvalue weighted by Gasteiger charge is 2.54. The summed E-state index contributed by atoms with van der Waals surface area (Å²) in [6.07, 6.45) is 0. The Labute approximate surface area is 264 Å². The lowest BCUT2D eigenvalue weighted by Gasteiger charge is -2.49. The van der Waals surface area contributed by atoms with Crippen molar-refractivity contribution in [2.75, 3.05) is 17.2 Å². The number of nitrogens with two attached hydrogens (primary N) is 1. The third-order valence-electron chi connectivity index (χ3n) is 6.45. The van der Waals surface area contributed by atoms with Crippen LogP contribution in [0.25, 0.3) is 10.1 Å². The molecule has 2 aliphatic heterocycles. The van der Waals surface area contributed by atoms with Crippen LogP contribution in [-0.4, -0.2) is 78.1 Å². The number of aliphatic carboxylic acids is 2. The average molecular weight is 680 g/mol. The minimum Gasteiger partial charge on any atom is -0.478 e. The van der Waals surface area contributed by atoms with Crippen LogP contribution >= 0.6 is 46.2 Å². The first-order chi connectivity index (χ1) is 20.8. The number of hydrogen-bond acceptors (Lipinski definition) is 13. The number of nitrogens with zero attached hydrogens (tertiary/aromatic N) is 3. The van der Waals surface area contributed by atoms with Gasteiger partial charge in [0.05, 0.1) is 4.21 Å². The lowest BCUT2D eigenvalue weighted by atomic mass is 10.0. The van der Waals surface area contributed by atoms with E-state index in [1.165, 1.54) is 78.4 Å². The Morgan fingerprint density at radius 1 is 1.27 bits per heavy atom. The molecular weight excluding hydrogens is 658 g/mol. The molecule has 5 N–H and O–H groups in total. The van der Waals surface area contributed by atoms with E-state index in [-0.39, 0.29) is 33.5 Å². The van der Waals surface area contributed by atoms with E-state index in [4.69, 9.17) is 10.6 Å². The van der Waals surface area contributed by atoms with Gasteiger partial charge in [-0.15, -0.1) is 46.2 Å². The van der Waals surface area contributed by atoms with Gasteiger partial charge >= 0.3 is 11.9 Å². The van der Waals surface area contributed by atoms with E-state index < -0.39 is 52.3 Å². The molecule has 0 bridgehead atoms. The topological polar surface area (TPSA) is 202 Å². The molecular formula is C26H22FN5O8S4. The number of nitrogens with one attached hydrogen (secondary N) is 1. The molecule has 1 saturated heterocycles. The van der Waals surface area contributed by atoms with E-state index in [2.05, 4.69) is 15.5 Å². The number of amides is 2. The Morgan fingerprint density at radius 3 is 2.68 bits per heavy atom. The summed E-state index contributed by atoms with van der Waals surface area (Å²) in [4.78, 5) is 72.8. The number of thiazole rings is 1. The molecule has 0 radical (unpaired) electrons. The third-order valence-corrected chi connectivity index (χ3v) is 10.8. The summed E-state index contributed by atoms with van der Waals surface area (Å²) in [5.74, 6) is -4.37. The van der Waals surface area contributed by atoms with Gasteiger partial charge in [0.25, 0.3) is 11.8 Å². The van der Waals surface area contributed by atoms with Crippen LogP contribution in [0, 0.1) is 5.82 Å². The van der Waals surface area contributed by atoms with Gasteiger partial charge in [-0.05, 0) is 37.6 Å². The fourth-order valence-corrected chi connectivity index (χ4v) is 8.42. The molecule has 3 aromatic rings. The molecule has 4 heterocycles. The zero-order chi connectivity index (χ0) is 31.9. The molecule has 230 valence electrons. The molecule has 13 nitrogen and oxygen atoms in total. The number of β-lactam (4-membered cyclic amide) rings is 1. The van der Waals surface area contributed by atoms with E-state index in [1.807, 2.05) is 0 Å². The van der Waals surface area contributed by atoms with Crippen LogP contribution < -0.4 is 16.5 Å². The van der Waals surface area contributed by atoms with E-state index in [0.717, 1.165) is 16.2 Å². The van der Waals surface area contributed by atoms with Crippen LogP contribution in [0.5, 0.6) is 0 Å². The number of aromatic nitrogens is 1. The fraction of sp³-hybridized carbons (Fsp3) is 0.269. The van der Waals surface area contributed by atoms with Crippen LogP contribution in [0.2, 0.25) is 0 Å². The summed E-state index contributed by atoms with van der Waals surface area (Å²) in [6.45, 7) is 2.46. The van der Waals surface area contributed by atoms with Crippen molar-refractivity contribution >= 4 is 90.9 Å². The van der Waals surface area contributed by atoms with Crippen LogP contribution in [-0.2, 0) is 24.0 Å². The van der Waals surface area contributed by atoms with E-state index in [9.17, 15) is 38.6 Å². The van der Waals surface area contributed by atoms with Crippen molar-refractivity contribution in [2.45, 2.75) is 35.1 Å². The molecule has 1 fully saturated rings. The summed E-state index contributed by atoms with van der Waals surface area (Å²) >= 11 is 4.64. The second-order valence-corrected chi connectivity index (χ2v) is 14.2. The third kappa shape index (κ3) is 6.15. The SMILES string of the molecule is CC(C)(O/N=C(\C(=O)N[C@@H]1C(=O)N2C(C(=O)O)=C(CSc3cc(=O)c4ccc(F)cc4s3)CS[C@H]12)c1csc(N)n1)C(=O)O. The molecule has 2 atom stereocenters. The molecule has 1 aromatic carbocycles. The highest BCUT2D eigenvalue weighted by Crippen LogP contribution is 2.42. The summed E-state index contributed by atoms with van der Waals surface area (Å²) in [5.41, 5.74) is 3.40. The maximum absolute atomic E-state index is 13.7. The highest BCUT2D eigenvalue weighted by molar-refractivity contribution is 8.02. The van der Waals surface area contributed by atoms with Gasteiger partial charge in [0.1, 0.15) is 28.6 Å². The fourth-order valence-electron chi connectivity index (χ4n) is 4.14. The number of nitrogen functional groups attached to an aromatic ring is 1. The molecule has 18 heteroatoms. The van der Waals surface area contributed by atoms with Gasteiger partial charge in [-0.2, -0.15) is 0 Å². The Hall–Kier alpha value is -4.00. The van der Waals surface area contributed by atoms with Crippen molar-refractivity contribution in [3.05, 3.63) is 62.7 Å². The first-order valence-electron chi connectivity index (χ1n) is 12.5. The molecule has 5 rings (SSSR count). The first kappa shape index (κ1) is 31.4.